The van der Waals surface area contributed by atoms with E-state index in [1.54, 1.807) is 0 Å². The van der Waals surface area contributed by atoms with Crippen LogP contribution < -0.4 is 0 Å². The van der Waals surface area contributed by atoms with E-state index < -0.39 is 0 Å². The van der Waals surface area contributed by atoms with Crippen molar-refractivity contribution in [3.63, 3.8) is 0 Å². The Kier molecular flexibility index (Phi) is 3.14. The molecule has 0 radical (unpaired) electrons. The average Bonchev–Trinajstić information content (AvgIpc) is 2.61. The van der Waals surface area contributed by atoms with Gasteiger partial charge in [0.15, 0.2) is 0 Å². The van der Waals surface area contributed by atoms with E-state index in [2.05, 4.69) is 34.6 Å². The fourth-order valence-electron chi connectivity index (χ4n) is 5.47. The van der Waals surface area contributed by atoms with Crippen molar-refractivity contribution < 1.29 is 0 Å². The molecule has 0 spiro atoms. The number of fused-ring (bicyclic) bond motifs is 1. The van der Waals surface area contributed by atoms with Crippen LogP contribution in [0.25, 0.3) is 0 Å². The summed E-state index contributed by atoms with van der Waals surface area (Å²) < 4.78 is 0. The summed E-state index contributed by atoms with van der Waals surface area (Å²) in [5.74, 6) is 3.05. The summed E-state index contributed by atoms with van der Waals surface area (Å²) in [7, 11) is 0. The predicted octanol–water partition coefficient (Wildman–Crippen LogP) is 5.28. The van der Waals surface area contributed by atoms with Crippen LogP contribution in [0.4, 0.5) is 0 Å². The van der Waals surface area contributed by atoms with E-state index in [0.717, 1.165) is 17.8 Å². The van der Waals surface area contributed by atoms with Gasteiger partial charge in [0.1, 0.15) is 0 Å². The van der Waals surface area contributed by atoms with E-state index in [-0.39, 0.29) is 0 Å². The van der Waals surface area contributed by atoms with Crippen LogP contribution in [-0.2, 0) is 0 Å². The van der Waals surface area contributed by atoms with Gasteiger partial charge in [0, 0.05) is 0 Å². The lowest BCUT2D eigenvalue weighted by atomic mass is 9.68. The van der Waals surface area contributed by atoms with Crippen LogP contribution in [-0.4, -0.2) is 0 Å². The van der Waals surface area contributed by atoms with E-state index >= 15 is 0 Å². The highest BCUT2D eigenvalue weighted by molar-refractivity contribution is 5.07. The molecule has 0 amide bonds. The standard InChI is InChI=1S/C16H30/c1-6-8-12-11-16(5)10-9-15(3,4)14(16)13(12)7-2/h12-14H,6-11H2,1-5H3. The van der Waals surface area contributed by atoms with Gasteiger partial charge >= 0.3 is 0 Å². The van der Waals surface area contributed by atoms with Gasteiger partial charge in [-0.15, -0.1) is 0 Å². The first-order valence-electron chi connectivity index (χ1n) is 7.44. The Hall–Kier alpha value is 0. The molecule has 4 atom stereocenters. The molecule has 94 valence electrons. The first-order valence-corrected chi connectivity index (χ1v) is 7.44. The Bertz CT molecular complexity index is 253. The lowest BCUT2D eigenvalue weighted by Gasteiger charge is -2.36. The molecule has 2 fully saturated rings. The molecular formula is C16H30. The minimum absolute atomic E-state index is 0.609. The molecule has 2 rings (SSSR count). The van der Waals surface area contributed by atoms with Gasteiger partial charge in [-0.2, -0.15) is 0 Å². The van der Waals surface area contributed by atoms with Crippen LogP contribution >= 0.6 is 0 Å². The van der Waals surface area contributed by atoms with Crippen molar-refractivity contribution >= 4 is 0 Å². The van der Waals surface area contributed by atoms with E-state index in [0.29, 0.717) is 10.8 Å². The Morgan fingerprint density at radius 1 is 1.06 bits per heavy atom. The predicted molar refractivity (Wildman–Crippen MR) is 71.4 cm³/mol. The second kappa shape index (κ2) is 4.03. The van der Waals surface area contributed by atoms with Crippen molar-refractivity contribution in [3.8, 4) is 0 Å². The summed E-state index contributed by atoms with van der Waals surface area (Å²) in [5.41, 5.74) is 1.29. The maximum Gasteiger partial charge on any atom is -0.0278 e. The molecule has 0 heteroatoms. The normalized spacial score (nSPS) is 45.9. The van der Waals surface area contributed by atoms with Crippen molar-refractivity contribution in [1.82, 2.24) is 0 Å². The van der Waals surface area contributed by atoms with Crippen molar-refractivity contribution in [2.45, 2.75) is 73.1 Å². The third kappa shape index (κ3) is 1.73. The molecule has 0 saturated heterocycles. The average molecular weight is 222 g/mol. The van der Waals surface area contributed by atoms with E-state index in [1.807, 2.05) is 0 Å². The lowest BCUT2D eigenvalue weighted by Crippen LogP contribution is -2.30. The van der Waals surface area contributed by atoms with E-state index in [1.165, 1.54) is 38.5 Å². The van der Waals surface area contributed by atoms with Gasteiger partial charge in [0.25, 0.3) is 0 Å². The van der Waals surface area contributed by atoms with Crippen LogP contribution in [0, 0.1) is 28.6 Å². The Labute approximate surface area is 102 Å². The molecule has 0 N–H and O–H groups in total. The summed E-state index contributed by atoms with van der Waals surface area (Å²) >= 11 is 0. The summed E-state index contributed by atoms with van der Waals surface area (Å²) in [5, 5.41) is 0. The molecule has 0 bridgehead atoms. The van der Waals surface area contributed by atoms with Crippen molar-refractivity contribution in [2.24, 2.45) is 28.6 Å². The van der Waals surface area contributed by atoms with Crippen molar-refractivity contribution in [3.05, 3.63) is 0 Å². The molecule has 0 heterocycles. The fourth-order valence-corrected chi connectivity index (χ4v) is 5.47. The van der Waals surface area contributed by atoms with Crippen LogP contribution in [0.3, 0.4) is 0 Å². The van der Waals surface area contributed by atoms with Crippen LogP contribution in [0.1, 0.15) is 73.1 Å². The molecule has 0 aliphatic heterocycles. The van der Waals surface area contributed by atoms with Gasteiger partial charge in [-0.25, -0.2) is 0 Å². The van der Waals surface area contributed by atoms with Crippen molar-refractivity contribution in [1.29, 1.82) is 0 Å². The second-order valence-corrected chi connectivity index (χ2v) is 7.45. The largest absolute Gasteiger partial charge is 0.0654 e. The van der Waals surface area contributed by atoms with Gasteiger partial charge in [-0.1, -0.05) is 53.9 Å². The molecule has 2 aliphatic rings. The Balaban J connectivity index is 2.24. The zero-order chi connectivity index (χ0) is 12.0. The van der Waals surface area contributed by atoms with Crippen LogP contribution in [0.15, 0.2) is 0 Å². The first-order chi connectivity index (χ1) is 7.44. The van der Waals surface area contributed by atoms with Gasteiger partial charge < -0.3 is 0 Å². The lowest BCUT2D eigenvalue weighted by molar-refractivity contribution is 0.121. The maximum atomic E-state index is 2.59. The smallest absolute Gasteiger partial charge is 0.0278 e. The summed E-state index contributed by atoms with van der Waals surface area (Å²) in [4.78, 5) is 0. The third-order valence-electron chi connectivity index (χ3n) is 5.83. The SMILES string of the molecule is CCCC1CC2(C)CCC(C)(C)C2C1CC. The number of hydrogen-bond acceptors (Lipinski definition) is 0. The number of rotatable bonds is 3. The van der Waals surface area contributed by atoms with Crippen LogP contribution in [0.2, 0.25) is 0 Å². The topological polar surface area (TPSA) is 0 Å². The quantitative estimate of drug-likeness (QED) is 0.610. The van der Waals surface area contributed by atoms with E-state index in [4.69, 9.17) is 0 Å². The van der Waals surface area contributed by atoms with Gasteiger partial charge in [-0.3, -0.25) is 0 Å². The fraction of sp³-hybridized carbons (Fsp3) is 1.00. The zero-order valence-corrected chi connectivity index (χ0v) is 12.0. The number of hydrogen-bond donors (Lipinski definition) is 0. The molecule has 2 saturated carbocycles. The minimum Gasteiger partial charge on any atom is -0.0654 e. The van der Waals surface area contributed by atoms with Gasteiger partial charge in [0.2, 0.25) is 0 Å². The highest BCUT2D eigenvalue weighted by Crippen LogP contribution is 2.66. The van der Waals surface area contributed by atoms with E-state index in [9.17, 15) is 0 Å². The highest BCUT2D eigenvalue weighted by atomic mass is 14.6. The molecule has 2 aliphatic carbocycles. The Morgan fingerprint density at radius 3 is 2.31 bits per heavy atom. The van der Waals surface area contributed by atoms with Crippen molar-refractivity contribution in [2.75, 3.05) is 0 Å². The molecule has 0 aromatic carbocycles. The molecule has 16 heavy (non-hydrogen) atoms. The molecule has 0 aromatic rings. The van der Waals surface area contributed by atoms with Crippen LogP contribution in [0.5, 0.6) is 0 Å². The Morgan fingerprint density at radius 2 is 1.75 bits per heavy atom. The monoisotopic (exact) mass is 222 g/mol. The minimum atomic E-state index is 0.609. The highest BCUT2D eigenvalue weighted by Gasteiger charge is 2.58. The molecule has 0 aromatic heterocycles. The summed E-state index contributed by atoms with van der Waals surface area (Å²) in [6, 6.07) is 0. The maximum absolute atomic E-state index is 2.59. The molecule has 4 unspecified atom stereocenters. The van der Waals surface area contributed by atoms with Gasteiger partial charge in [-0.05, 0) is 47.8 Å². The molecule has 0 nitrogen and oxygen atoms in total. The first kappa shape index (κ1) is 12.5. The molecular weight excluding hydrogens is 192 g/mol. The summed E-state index contributed by atoms with van der Waals surface area (Å²) in [6.45, 7) is 12.4. The van der Waals surface area contributed by atoms with Gasteiger partial charge in [0.05, 0.1) is 0 Å². The third-order valence-corrected chi connectivity index (χ3v) is 5.83. The summed E-state index contributed by atoms with van der Waals surface area (Å²) in [6.07, 6.45) is 8.73. The second-order valence-electron chi connectivity index (χ2n) is 7.45. The zero-order valence-electron chi connectivity index (χ0n) is 12.0.